The van der Waals surface area contributed by atoms with E-state index in [0.717, 1.165) is 0 Å². The van der Waals surface area contributed by atoms with Crippen LogP contribution in [0.25, 0.3) is 0 Å². The maximum Gasteiger partial charge on any atom is 0.230 e. The quantitative estimate of drug-likeness (QED) is 0.587. The van der Waals surface area contributed by atoms with Crippen molar-refractivity contribution in [3.63, 3.8) is 0 Å². The lowest BCUT2D eigenvalue weighted by Crippen LogP contribution is -2.24. The molecule has 0 saturated heterocycles. The Morgan fingerprint density at radius 1 is 1.56 bits per heavy atom. The molecule has 56 valence electrons. The predicted molar refractivity (Wildman–Crippen MR) is 31.0 cm³/mol. The van der Waals surface area contributed by atoms with Crippen LogP contribution in [0.15, 0.2) is 0 Å². The molecular formula is C4H5Cl2F3. The Morgan fingerprint density at radius 2 is 2.00 bits per heavy atom. The molecule has 0 bridgehead atoms. The second-order valence-corrected chi connectivity index (χ2v) is 2.51. The van der Waals surface area contributed by atoms with E-state index in [9.17, 15) is 13.2 Å². The Balaban J connectivity index is 3.70. The van der Waals surface area contributed by atoms with Gasteiger partial charge in [0.25, 0.3) is 0 Å². The van der Waals surface area contributed by atoms with E-state index >= 15 is 0 Å². The van der Waals surface area contributed by atoms with Gasteiger partial charge in [0.2, 0.25) is 10.8 Å². The minimum Gasteiger partial charge on any atom is -0.251 e. The van der Waals surface area contributed by atoms with Gasteiger partial charge < -0.3 is 0 Å². The summed E-state index contributed by atoms with van der Waals surface area (Å²) >= 11 is 9.37. The van der Waals surface area contributed by atoms with Crippen molar-refractivity contribution in [3.05, 3.63) is 0 Å². The van der Waals surface area contributed by atoms with Crippen molar-refractivity contribution in [2.45, 2.75) is 17.2 Å². The summed E-state index contributed by atoms with van der Waals surface area (Å²) in [5, 5.41) is -2.75. The summed E-state index contributed by atoms with van der Waals surface area (Å²) in [6.45, 7) is -1.02. The SMILES string of the molecule is FCCC(F)(Cl)C(F)Cl. The molecule has 0 aromatic rings. The van der Waals surface area contributed by atoms with E-state index in [0.29, 0.717) is 0 Å². The largest absolute Gasteiger partial charge is 0.251 e. The van der Waals surface area contributed by atoms with Crippen molar-refractivity contribution in [1.82, 2.24) is 0 Å². The van der Waals surface area contributed by atoms with Crippen LogP contribution in [0.5, 0.6) is 0 Å². The monoisotopic (exact) mass is 180 g/mol. The van der Waals surface area contributed by atoms with Crippen LogP contribution in [0.4, 0.5) is 13.2 Å². The van der Waals surface area contributed by atoms with Gasteiger partial charge in [-0.05, 0) is 0 Å². The fourth-order valence-electron chi connectivity index (χ4n) is 0.235. The molecule has 0 radical (unpaired) electrons. The molecule has 9 heavy (non-hydrogen) atoms. The highest BCUT2D eigenvalue weighted by Gasteiger charge is 2.35. The first-order valence-electron chi connectivity index (χ1n) is 2.22. The van der Waals surface area contributed by atoms with Crippen LogP contribution in [-0.2, 0) is 0 Å². The molecule has 0 aliphatic heterocycles. The molecule has 0 spiro atoms. The first kappa shape index (κ1) is 9.37. The maximum absolute atomic E-state index is 12.2. The van der Waals surface area contributed by atoms with Gasteiger partial charge in [-0.25, -0.2) is 8.78 Å². The van der Waals surface area contributed by atoms with Crippen LogP contribution in [0.3, 0.4) is 0 Å². The zero-order valence-corrected chi connectivity index (χ0v) is 5.89. The van der Waals surface area contributed by atoms with Gasteiger partial charge in [-0.15, -0.1) is 0 Å². The van der Waals surface area contributed by atoms with Crippen LogP contribution in [0.1, 0.15) is 6.42 Å². The maximum atomic E-state index is 12.2. The van der Waals surface area contributed by atoms with Crippen molar-refractivity contribution in [2.75, 3.05) is 6.67 Å². The summed E-state index contributed by atoms with van der Waals surface area (Å²) in [5.41, 5.74) is -2.35. The Hall–Kier alpha value is 0.370. The fourth-order valence-corrected chi connectivity index (χ4v) is 0.416. The van der Waals surface area contributed by atoms with Gasteiger partial charge >= 0.3 is 0 Å². The van der Waals surface area contributed by atoms with Gasteiger partial charge in [0, 0.05) is 6.42 Å². The fraction of sp³-hybridized carbons (Fsp3) is 1.00. The zero-order valence-electron chi connectivity index (χ0n) is 4.38. The molecule has 0 aromatic carbocycles. The molecule has 0 aliphatic carbocycles. The number of halogens is 5. The van der Waals surface area contributed by atoms with Crippen LogP contribution >= 0.6 is 23.2 Å². The first-order chi connectivity index (χ1) is 4.00. The van der Waals surface area contributed by atoms with Crippen molar-refractivity contribution >= 4 is 23.2 Å². The van der Waals surface area contributed by atoms with E-state index in [1.165, 1.54) is 0 Å². The minimum absolute atomic E-state index is 0.723. The van der Waals surface area contributed by atoms with E-state index in [1.807, 2.05) is 0 Å². The standard InChI is InChI=1S/C4H5Cl2F3/c5-3(8)4(6,9)1-2-7/h3H,1-2H2. The number of alkyl halides is 5. The Morgan fingerprint density at radius 3 is 2.11 bits per heavy atom. The summed E-state index contributed by atoms with van der Waals surface area (Å²) in [5.74, 6) is 0. The van der Waals surface area contributed by atoms with E-state index in [4.69, 9.17) is 11.6 Å². The van der Waals surface area contributed by atoms with E-state index < -0.39 is 23.9 Å². The van der Waals surface area contributed by atoms with E-state index in [1.54, 1.807) is 0 Å². The van der Waals surface area contributed by atoms with Gasteiger partial charge in [0.15, 0.2) is 0 Å². The summed E-state index contributed by atoms with van der Waals surface area (Å²) in [7, 11) is 0. The van der Waals surface area contributed by atoms with Gasteiger partial charge in [0.05, 0.1) is 6.67 Å². The molecule has 0 heterocycles. The van der Waals surface area contributed by atoms with Crippen molar-refractivity contribution in [3.8, 4) is 0 Å². The lowest BCUT2D eigenvalue weighted by Gasteiger charge is -2.14. The van der Waals surface area contributed by atoms with Crippen LogP contribution in [0, 0.1) is 0 Å². The molecule has 5 heteroatoms. The van der Waals surface area contributed by atoms with Gasteiger partial charge in [-0.1, -0.05) is 23.2 Å². The predicted octanol–water partition coefficient (Wildman–Crippen LogP) is 2.79. The van der Waals surface area contributed by atoms with Crippen LogP contribution in [-0.4, -0.2) is 17.4 Å². The third-order valence-corrected chi connectivity index (χ3v) is 1.59. The molecule has 0 aliphatic rings. The van der Waals surface area contributed by atoms with Crippen LogP contribution < -0.4 is 0 Å². The van der Waals surface area contributed by atoms with Crippen molar-refractivity contribution < 1.29 is 13.2 Å². The average Bonchev–Trinajstić information content (AvgIpc) is 1.65. The molecular weight excluding hydrogens is 176 g/mol. The molecule has 0 N–H and O–H groups in total. The Labute approximate surface area is 60.9 Å². The lowest BCUT2D eigenvalue weighted by atomic mass is 10.3. The summed E-state index contributed by atoms with van der Waals surface area (Å²) in [6, 6.07) is 0. The van der Waals surface area contributed by atoms with Gasteiger partial charge in [-0.2, -0.15) is 0 Å². The molecule has 2 unspecified atom stereocenters. The molecule has 0 nitrogen and oxygen atoms in total. The van der Waals surface area contributed by atoms with Gasteiger partial charge in [0.1, 0.15) is 0 Å². The molecule has 0 rings (SSSR count). The second kappa shape index (κ2) is 3.52. The summed E-state index contributed by atoms with van der Waals surface area (Å²) < 4.78 is 35.3. The Bertz CT molecular complexity index is 83.9. The summed E-state index contributed by atoms with van der Waals surface area (Å²) in [4.78, 5) is 0. The highest BCUT2D eigenvalue weighted by atomic mass is 35.5. The smallest absolute Gasteiger partial charge is 0.230 e. The highest BCUT2D eigenvalue weighted by molar-refractivity contribution is 6.30. The lowest BCUT2D eigenvalue weighted by molar-refractivity contribution is 0.162. The number of hydrogen-bond donors (Lipinski definition) is 0. The topological polar surface area (TPSA) is 0 Å². The summed E-state index contributed by atoms with van der Waals surface area (Å²) in [6.07, 6.45) is -0.723. The van der Waals surface area contributed by atoms with Crippen LogP contribution in [0.2, 0.25) is 0 Å². The molecule has 0 fully saturated rings. The van der Waals surface area contributed by atoms with Crippen molar-refractivity contribution in [2.24, 2.45) is 0 Å². The third-order valence-electron chi connectivity index (χ3n) is 0.747. The van der Waals surface area contributed by atoms with E-state index in [2.05, 4.69) is 11.6 Å². The normalized spacial score (nSPS) is 21.0. The Kier molecular flexibility index (Phi) is 3.66. The zero-order chi connectivity index (χ0) is 7.49. The molecule has 0 aromatic heterocycles. The second-order valence-electron chi connectivity index (χ2n) is 1.50. The number of rotatable bonds is 3. The molecule has 0 saturated carbocycles. The van der Waals surface area contributed by atoms with Gasteiger partial charge in [-0.3, -0.25) is 4.39 Å². The average molecular weight is 181 g/mol. The first-order valence-corrected chi connectivity index (χ1v) is 3.04. The highest BCUT2D eigenvalue weighted by Crippen LogP contribution is 2.30. The minimum atomic E-state index is -2.75. The van der Waals surface area contributed by atoms with Crippen molar-refractivity contribution in [1.29, 1.82) is 0 Å². The van der Waals surface area contributed by atoms with E-state index in [-0.39, 0.29) is 0 Å². The molecule has 2 atom stereocenters. The molecule has 0 amide bonds. The number of hydrogen-bond acceptors (Lipinski definition) is 0. The third kappa shape index (κ3) is 3.16.